The van der Waals surface area contributed by atoms with Gasteiger partial charge in [0.05, 0.1) is 19.0 Å². The van der Waals surface area contributed by atoms with Gasteiger partial charge in [0.15, 0.2) is 0 Å². The molecular formula is C17H17N3O3. The summed E-state index contributed by atoms with van der Waals surface area (Å²) in [5.74, 6) is -0.408. The lowest BCUT2D eigenvalue weighted by molar-refractivity contribution is -0.126. The van der Waals surface area contributed by atoms with E-state index in [-0.39, 0.29) is 6.42 Å². The lowest BCUT2D eigenvalue weighted by Crippen LogP contribution is -2.24. The number of hydrogen-bond acceptors (Lipinski definition) is 4. The van der Waals surface area contributed by atoms with Gasteiger partial charge in [-0.15, -0.1) is 0 Å². The van der Waals surface area contributed by atoms with Crippen LogP contribution >= 0.6 is 0 Å². The summed E-state index contributed by atoms with van der Waals surface area (Å²) in [6.07, 6.45) is 1.18. The molecule has 0 fully saturated rings. The van der Waals surface area contributed by atoms with E-state index < -0.39 is 11.8 Å². The molecule has 6 nitrogen and oxygen atoms in total. The fourth-order valence-electron chi connectivity index (χ4n) is 1.85. The van der Waals surface area contributed by atoms with Gasteiger partial charge >= 0.3 is 0 Å². The van der Waals surface area contributed by atoms with Crippen molar-refractivity contribution in [3.05, 3.63) is 60.2 Å². The highest BCUT2D eigenvalue weighted by Gasteiger charge is 2.11. The zero-order valence-corrected chi connectivity index (χ0v) is 12.7. The first-order valence-electron chi connectivity index (χ1n) is 6.99. The van der Waals surface area contributed by atoms with Crippen molar-refractivity contribution in [2.75, 3.05) is 12.4 Å². The summed E-state index contributed by atoms with van der Waals surface area (Å²) in [4.78, 5) is 23.5. The predicted octanol–water partition coefficient (Wildman–Crippen LogP) is 2.17. The van der Waals surface area contributed by atoms with E-state index in [1.54, 1.807) is 24.3 Å². The third kappa shape index (κ3) is 5.28. The summed E-state index contributed by atoms with van der Waals surface area (Å²) in [5.41, 5.74) is 3.68. The average Bonchev–Trinajstić information content (AvgIpc) is 2.56. The Hall–Kier alpha value is -3.15. The molecule has 23 heavy (non-hydrogen) atoms. The number of nitrogens with zero attached hydrogens (tertiary/aromatic N) is 1. The monoisotopic (exact) mass is 311 g/mol. The van der Waals surface area contributed by atoms with Gasteiger partial charge in [-0.3, -0.25) is 9.59 Å². The summed E-state index contributed by atoms with van der Waals surface area (Å²) in [6, 6.07) is 16.3. The second-order valence-corrected chi connectivity index (χ2v) is 4.63. The van der Waals surface area contributed by atoms with Crippen LogP contribution in [0.3, 0.4) is 0 Å². The smallest absolute Gasteiger partial charge is 0.249 e. The van der Waals surface area contributed by atoms with Crippen molar-refractivity contribution in [1.82, 2.24) is 5.43 Å². The molecule has 0 bridgehead atoms. The van der Waals surface area contributed by atoms with Gasteiger partial charge in [-0.1, -0.05) is 42.5 Å². The number of anilines is 1. The third-order valence-corrected chi connectivity index (χ3v) is 2.90. The summed E-state index contributed by atoms with van der Waals surface area (Å²) >= 11 is 0. The normalized spacial score (nSPS) is 10.3. The van der Waals surface area contributed by atoms with Crippen molar-refractivity contribution in [3.8, 4) is 5.75 Å². The van der Waals surface area contributed by atoms with Crippen LogP contribution < -0.4 is 15.5 Å². The highest BCUT2D eigenvalue weighted by Crippen LogP contribution is 2.22. The molecule has 118 valence electrons. The topological polar surface area (TPSA) is 79.8 Å². The van der Waals surface area contributed by atoms with Gasteiger partial charge in [0.25, 0.3) is 0 Å². The van der Waals surface area contributed by atoms with Gasteiger partial charge in [0.1, 0.15) is 12.2 Å². The Labute approximate surface area is 134 Å². The third-order valence-electron chi connectivity index (χ3n) is 2.90. The lowest BCUT2D eigenvalue weighted by Gasteiger charge is -2.09. The molecule has 2 rings (SSSR count). The zero-order chi connectivity index (χ0) is 16.5. The Morgan fingerprint density at radius 2 is 1.74 bits per heavy atom. The number of carbonyl (C=O) groups excluding carboxylic acids is 2. The van der Waals surface area contributed by atoms with Gasteiger partial charge in [0, 0.05) is 0 Å². The Morgan fingerprint density at radius 1 is 1.04 bits per heavy atom. The van der Waals surface area contributed by atoms with Crippen LogP contribution in [0.1, 0.15) is 12.0 Å². The molecule has 0 unspecified atom stereocenters. The molecule has 2 amide bonds. The fraction of sp³-hybridized carbons (Fsp3) is 0.118. The minimum atomic E-state index is -0.496. The molecule has 0 saturated heterocycles. The second kappa shape index (κ2) is 8.33. The SMILES string of the molecule is COc1ccccc1NC(=O)CC(=O)NN=Cc1ccccc1. The molecule has 0 spiro atoms. The fourth-order valence-corrected chi connectivity index (χ4v) is 1.85. The van der Waals surface area contributed by atoms with Crippen molar-refractivity contribution >= 4 is 23.7 Å². The Kier molecular flexibility index (Phi) is 5.88. The maximum absolute atomic E-state index is 11.8. The number of ether oxygens (including phenoxy) is 1. The Bertz CT molecular complexity index is 699. The van der Waals surface area contributed by atoms with Crippen molar-refractivity contribution in [1.29, 1.82) is 0 Å². The van der Waals surface area contributed by atoms with Crippen molar-refractivity contribution in [2.24, 2.45) is 5.10 Å². The zero-order valence-electron chi connectivity index (χ0n) is 12.7. The minimum Gasteiger partial charge on any atom is -0.495 e. The maximum atomic E-state index is 11.8. The summed E-state index contributed by atoms with van der Waals surface area (Å²) in [6.45, 7) is 0. The average molecular weight is 311 g/mol. The largest absolute Gasteiger partial charge is 0.495 e. The number of rotatable bonds is 6. The van der Waals surface area contributed by atoms with Crippen LogP contribution in [-0.2, 0) is 9.59 Å². The van der Waals surface area contributed by atoms with Crippen LogP contribution in [0.25, 0.3) is 0 Å². The number of carbonyl (C=O) groups is 2. The van der Waals surface area contributed by atoms with Gasteiger partial charge in [-0.2, -0.15) is 5.10 Å². The molecule has 0 aliphatic carbocycles. The van der Waals surface area contributed by atoms with Crippen molar-refractivity contribution in [2.45, 2.75) is 6.42 Å². The number of nitrogens with one attached hydrogen (secondary N) is 2. The van der Waals surface area contributed by atoms with E-state index in [2.05, 4.69) is 15.8 Å². The van der Waals surface area contributed by atoms with Gasteiger partial charge in [0.2, 0.25) is 11.8 Å². The van der Waals surface area contributed by atoms with E-state index in [4.69, 9.17) is 4.74 Å². The number of benzene rings is 2. The number of hydrogen-bond donors (Lipinski definition) is 2. The highest BCUT2D eigenvalue weighted by molar-refractivity contribution is 6.04. The number of methoxy groups -OCH3 is 1. The first-order chi connectivity index (χ1) is 11.2. The van der Waals surface area contributed by atoms with Gasteiger partial charge < -0.3 is 10.1 Å². The Balaban J connectivity index is 1.83. The lowest BCUT2D eigenvalue weighted by atomic mass is 10.2. The van der Waals surface area contributed by atoms with E-state index in [0.717, 1.165) is 5.56 Å². The maximum Gasteiger partial charge on any atom is 0.249 e. The van der Waals surface area contributed by atoms with Gasteiger partial charge in [-0.05, 0) is 17.7 Å². The van der Waals surface area contributed by atoms with Crippen LogP contribution in [0.5, 0.6) is 5.75 Å². The van der Waals surface area contributed by atoms with E-state index in [1.807, 2.05) is 30.3 Å². The molecule has 0 radical (unpaired) electrons. The summed E-state index contributed by atoms with van der Waals surface area (Å²) in [7, 11) is 1.51. The standard InChI is InChI=1S/C17H17N3O3/c1-23-15-10-6-5-9-14(15)19-16(21)11-17(22)20-18-12-13-7-3-2-4-8-13/h2-10,12H,11H2,1H3,(H,19,21)(H,20,22). The number of hydrazone groups is 1. The molecule has 2 aromatic carbocycles. The molecule has 2 N–H and O–H groups in total. The molecule has 0 heterocycles. The minimum absolute atomic E-state index is 0.329. The molecule has 0 saturated carbocycles. The van der Waals surface area contributed by atoms with E-state index >= 15 is 0 Å². The first kappa shape index (κ1) is 16.2. The molecule has 6 heteroatoms. The highest BCUT2D eigenvalue weighted by atomic mass is 16.5. The van der Waals surface area contributed by atoms with Crippen LogP contribution in [0.15, 0.2) is 59.7 Å². The van der Waals surface area contributed by atoms with Crippen LogP contribution in [0, 0.1) is 0 Å². The summed E-state index contributed by atoms with van der Waals surface area (Å²) < 4.78 is 5.13. The Morgan fingerprint density at radius 3 is 2.48 bits per heavy atom. The van der Waals surface area contributed by atoms with Crippen LogP contribution in [0.4, 0.5) is 5.69 Å². The van der Waals surface area contributed by atoms with E-state index in [9.17, 15) is 9.59 Å². The predicted molar refractivity (Wildman–Crippen MR) is 88.4 cm³/mol. The van der Waals surface area contributed by atoms with E-state index in [0.29, 0.717) is 11.4 Å². The molecule has 0 atom stereocenters. The molecule has 2 aromatic rings. The summed E-state index contributed by atoms with van der Waals surface area (Å²) in [5, 5.41) is 6.43. The molecule has 0 aromatic heterocycles. The van der Waals surface area contributed by atoms with Crippen molar-refractivity contribution in [3.63, 3.8) is 0 Å². The molecule has 0 aliphatic rings. The van der Waals surface area contributed by atoms with E-state index in [1.165, 1.54) is 13.3 Å². The molecular weight excluding hydrogens is 294 g/mol. The van der Waals surface area contributed by atoms with Crippen LogP contribution in [0.2, 0.25) is 0 Å². The number of amides is 2. The first-order valence-corrected chi connectivity index (χ1v) is 6.99. The number of para-hydroxylation sites is 2. The second-order valence-electron chi connectivity index (χ2n) is 4.63. The quantitative estimate of drug-likeness (QED) is 0.487. The van der Waals surface area contributed by atoms with Crippen LogP contribution in [-0.4, -0.2) is 25.1 Å². The van der Waals surface area contributed by atoms with Gasteiger partial charge in [-0.25, -0.2) is 5.43 Å². The van der Waals surface area contributed by atoms with Crippen molar-refractivity contribution < 1.29 is 14.3 Å². The molecule has 0 aliphatic heterocycles.